The Bertz CT molecular complexity index is 1370. The van der Waals surface area contributed by atoms with E-state index in [-0.39, 0.29) is 23.5 Å². The number of hydrogen-bond donors (Lipinski definition) is 2. The van der Waals surface area contributed by atoms with Crippen molar-refractivity contribution in [2.24, 2.45) is 5.92 Å². The van der Waals surface area contributed by atoms with Gasteiger partial charge in [0.2, 0.25) is 5.91 Å². The zero-order valence-electron chi connectivity index (χ0n) is 19.8. The fraction of sp³-hybridized carbons (Fsp3) is 0.240. The second kappa shape index (κ2) is 11.7. The van der Waals surface area contributed by atoms with Gasteiger partial charge in [0.05, 0.1) is 32.6 Å². The first kappa shape index (κ1) is 25.9. The summed E-state index contributed by atoms with van der Waals surface area (Å²) in [6.07, 6.45) is 1.73. The van der Waals surface area contributed by atoms with Crippen LogP contribution < -0.4 is 10.6 Å². The van der Waals surface area contributed by atoms with Gasteiger partial charge in [-0.15, -0.1) is 16.8 Å². The number of nitrogens with zero attached hydrogens (tertiary/aromatic N) is 4. The Morgan fingerprint density at radius 3 is 2.64 bits per heavy atom. The van der Waals surface area contributed by atoms with Gasteiger partial charge < -0.3 is 15.2 Å². The Morgan fingerprint density at radius 1 is 1.17 bits per heavy atom. The van der Waals surface area contributed by atoms with Crippen LogP contribution in [0.4, 0.5) is 5.13 Å². The zero-order valence-corrected chi connectivity index (χ0v) is 22.2. The quantitative estimate of drug-likeness (QED) is 0.201. The van der Waals surface area contributed by atoms with E-state index in [0.29, 0.717) is 33.2 Å². The first-order valence-electron chi connectivity index (χ1n) is 11.2. The van der Waals surface area contributed by atoms with E-state index in [9.17, 15) is 9.59 Å². The minimum atomic E-state index is -0.424. The lowest BCUT2D eigenvalue weighted by atomic mass is 10.0. The molecular formula is C25H25ClN6O2S2. The molecule has 0 spiro atoms. The predicted octanol–water partition coefficient (Wildman–Crippen LogP) is 5.59. The number of allylic oxidation sites excluding steroid dienone is 1. The average molecular weight is 541 g/mol. The maximum atomic E-state index is 12.9. The fourth-order valence-electron chi connectivity index (χ4n) is 3.54. The Morgan fingerprint density at radius 2 is 1.92 bits per heavy atom. The van der Waals surface area contributed by atoms with Crippen LogP contribution in [0.15, 0.2) is 66.3 Å². The lowest BCUT2D eigenvalue weighted by molar-refractivity contribution is -0.113. The summed E-state index contributed by atoms with van der Waals surface area (Å²) in [5.74, 6) is 0.241. The van der Waals surface area contributed by atoms with E-state index in [4.69, 9.17) is 11.6 Å². The van der Waals surface area contributed by atoms with Gasteiger partial charge in [0.15, 0.2) is 16.1 Å². The molecule has 36 heavy (non-hydrogen) atoms. The van der Waals surface area contributed by atoms with Gasteiger partial charge in [-0.25, -0.2) is 4.98 Å². The first-order valence-corrected chi connectivity index (χ1v) is 13.4. The number of nitrogens with one attached hydrogen (secondary N) is 2. The molecule has 4 rings (SSSR count). The maximum Gasteiger partial charge on any atom is 0.253 e. The topological polar surface area (TPSA) is 102 Å². The van der Waals surface area contributed by atoms with Crippen molar-refractivity contribution in [3.63, 3.8) is 0 Å². The van der Waals surface area contributed by atoms with Crippen LogP contribution in [0.2, 0.25) is 5.02 Å². The summed E-state index contributed by atoms with van der Waals surface area (Å²) in [7, 11) is 0. The Balaban J connectivity index is 1.48. The van der Waals surface area contributed by atoms with Gasteiger partial charge in [-0.2, -0.15) is 0 Å². The summed E-state index contributed by atoms with van der Waals surface area (Å²) in [4.78, 5) is 30.0. The van der Waals surface area contributed by atoms with E-state index in [1.807, 2.05) is 42.7 Å². The Kier molecular flexibility index (Phi) is 8.40. The number of benzene rings is 2. The normalized spacial score (nSPS) is 12.0. The third-order valence-electron chi connectivity index (χ3n) is 5.28. The number of aromatic nitrogens is 4. The molecular weight excluding hydrogens is 516 g/mol. The second-order valence-electron chi connectivity index (χ2n) is 8.24. The number of anilines is 1. The molecule has 0 bridgehead atoms. The van der Waals surface area contributed by atoms with Crippen molar-refractivity contribution >= 4 is 61.9 Å². The van der Waals surface area contributed by atoms with Crippen LogP contribution in [0.1, 0.15) is 36.1 Å². The van der Waals surface area contributed by atoms with Crippen molar-refractivity contribution in [3.8, 4) is 0 Å². The number of thiazole rings is 1. The van der Waals surface area contributed by atoms with E-state index >= 15 is 0 Å². The van der Waals surface area contributed by atoms with Gasteiger partial charge in [-0.3, -0.25) is 9.59 Å². The fourth-order valence-corrected chi connectivity index (χ4v) is 5.40. The van der Waals surface area contributed by atoms with E-state index in [2.05, 4.69) is 32.4 Å². The SMILES string of the molecule is C=CCn1c(SCC(=O)Nc2nc3ccccc3s2)nnc1[C@H](NC(=O)c1ccccc1Cl)C(C)C. The molecule has 0 aliphatic rings. The molecule has 2 aromatic heterocycles. The van der Waals surface area contributed by atoms with Crippen molar-refractivity contribution in [3.05, 3.63) is 77.6 Å². The molecule has 0 unspecified atom stereocenters. The van der Waals surface area contributed by atoms with Crippen molar-refractivity contribution in [2.45, 2.75) is 31.6 Å². The van der Waals surface area contributed by atoms with Gasteiger partial charge in [0, 0.05) is 6.54 Å². The Hall–Kier alpha value is -3.21. The Labute approximate surface area is 222 Å². The predicted molar refractivity (Wildman–Crippen MR) is 146 cm³/mol. The van der Waals surface area contributed by atoms with Gasteiger partial charge in [-0.1, -0.05) is 78.9 Å². The summed E-state index contributed by atoms with van der Waals surface area (Å²) in [5.41, 5.74) is 1.24. The smallest absolute Gasteiger partial charge is 0.253 e. The summed E-state index contributed by atoms with van der Waals surface area (Å²) in [6, 6.07) is 14.2. The van der Waals surface area contributed by atoms with Crippen molar-refractivity contribution in [1.29, 1.82) is 0 Å². The number of amides is 2. The number of carbonyl (C=O) groups is 2. The summed E-state index contributed by atoms with van der Waals surface area (Å²) in [5, 5.41) is 16.1. The molecule has 4 aromatic rings. The molecule has 2 amide bonds. The van der Waals surface area contributed by atoms with Crippen molar-refractivity contribution < 1.29 is 9.59 Å². The van der Waals surface area contributed by atoms with Crippen LogP contribution in [0.25, 0.3) is 10.2 Å². The van der Waals surface area contributed by atoms with E-state index < -0.39 is 6.04 Å². The van der Waals surface area contributed by atoms with E-state index in [1.54, 1.807) is 30.3 Å². The minimum Gasteiger partial charge on any atom is -0.342 e. The maximum absolute atomic E-state index is 12.9. The molecule has 2 heterocycles. The summed E-state index contributed by atoms with van der Waals surface area (Å²) in [6.45, 7) is 8.24. The van der Waals surface area contributed by atoms with Gasteiger partial charge in [0.1, 0.15) is 0 Å². The minimum absolute atomic E-state index is 0.0180. The molecule has 11 heteroatoms. The monoisotopic (exact) mass is 540 g/mol. The highest BCUT2D eigenvalue weighted by Crippen LogP contribution is 2.28. The third-order valence-corrected chi connectivity index (χ3v) is 7.53. The molecule has 2 N–H and O–H groups in total. The molecule has 0 saturated heterocycles. The highest BCUT2D eigenvalue weighted by Gasteiger charge is 2.27. The molecule has 0 fully saturated rings. The van der Waals surface area contributed by atoms with E-state index in [1.165, 1.54) is 23.1 Å². The zero-order chi connectivity index (χ0) is 25.7. The van der Waals surface area contributed by atoms with Crippen LogP contribution in [0, 0.1) is 5.92 Å². The van der Waals surface area contributed by atoms with Crippen LogP contribution in [-0.4, -0.2) is 37.3 Å². The number of para-hydroxylation sites is 1. The number of carbonyl (C=O) groups excluding carboxylic acids is 2. The highest BCUT2D eigenvalue weighted by molar-refractivity contribution is 7.99. The molecule has 0 saturated carbocycles. The largest absolute Gasteiger partial charge is 0.342 e. The van der Waals surface area contributed by atoms with Crippen molar-refractivity contribution in [1.82, 2.24) is 25.1 Å². The van der Waals surface area contributed by atoms with Crippen molar-refractivity contribution in [2.75, 3.05) is 11.1 Å². The average Bonchev–Trinajstić information content (AvgIpc) is 3.44. The van der Waals surface area contributed by atoms with Crippen LogP contribution in [-0.2, 0) is 11.3 Å². The number of rotatable bonds is 10. The summed E-state index contributed by atoms with van der Waals surface area (Å²) >= 11 is 8.90. The van der Waals surface area contributed by atoms with Gasteiger partial charge in [0.25, 0.3) is 5.91 Å². The molecule has 0 aliphatic carbocycles. The van der Waals surface area contributed by atoms with E-state index in [0.717, 1.165) is 10.2 Å². The number of thioether (sulfide) groups is 1. The highest BCUT2D eigenvalue weighted by atomic mass is 35.5. The lowest BCUT2D eigenvalue weighted by Crippen LogP contribution is -2.34. The van der Waals surface area contributed by atoms with Crippen LogP contribution >= 0.6 is 34.7 Å². The lowest BCUT2D eigenvalue weighted by Gasteiger charge is -2.22. The second-order valence-corrected chi connectivity index (χ2v) is 10.6. The molecule has 2 aromatic carbocycles. The number of fused-ring (bicyclic) bond motifs is 1. The van der Waals surface area contributed by atoms with Crippen LogP contribution in [0.5, 0.6) is 0 Å². The number of hydrogen-bond acceptors (Lipinski definition) is 7. The number of halogens is 1. The molecule has 8 nitrogen and oxygen atoms in total. The molecule has 0 aliphatic heterocycles. The third kappa shape index (κ3) is 5.95. The van der Waals surface area contributed by atoms with Gasteiger partial charge in [-0.05, 0) is 30.2 Å². The van der Waals surface area contributed by atoms with Crippen LogP contribution in [0.3, 0.4) is 0 Å². The van der Waals surface area contributed by atoms with Gasteiger partial charge >= 0.3 is 0 Å². The molecule has 1 atom stereocenters. The summed E-state index contributed by atoms with van der Waals surface area (Å²) < 4.78 is 2.87. The first-order chi connectivity index (χ1) is 17.4. The standard InChI is InChI=1S/C25H25ClN6O2S2/c1-4-13-32-22(21(15(2)3)29-23(34)16-9-5-6-10-17(16)26)30-31-25(32)35-14-20(33)28-24-27-18-11-7-8-12-19(18)36-24/h4-12,15,21H,1,13-14H2,2-3H3,(H,29,34)(H,27,28,33)/t21-/m1/s1. The molecule has 186 valence electrons. The molecule has 0 radical (unpaired) electrons.